The zero-order valence-corrected chi connectivity index (χ0v) is 10.6. The molecule has 0 fully saturated rings. The highest BCUT2D eigenvalue weighted by Crippen LogP contribution is 2.06. The summed E-state index contributed by atoms with van der Waals surface area (Å²) in [5, 5.41) is 0. The molecule has 0 aliphatic carbocycles. The molecule has 100 valence electrons. The van der Waals surface area contributed by atoms with E-state index in [1.165, 1.54) is 23.0 Å². The van der Waals surface area contributed by atoms with Gasteiger partial charge in [-0.15, -0.1) is 0 Å². The number of nitrogens with zero attached hydrogens (tertiary/aromatic N) is 3. The van der Waals surface area contributed by atoms with Gasteiger partial charge in [0.25, 0.3) is 11.3 Å². The second-order valence-corrected chi connectivity index (χ2v) is 3.74. The Morgan fingerprint density at radius 3 is 3.11 bits per heavy atom. The fourth-order valence-corrected chi connectivity index (χ4v) is 1.54. The first-order chi connectivity index (χ1) is 9.11. The third kappa shape index (κ3) is 2.87. The van der Waals surface area contributed by atoms with Gasteiger partial charge in [-0.25, -0.2) is 14.8 Å². The first kappa shape index (κ1) is 13.0. The summed E-state index contributed by atoms with van der Waals surface area (Å²) in [5.74, 6) is -0.0544. The molecule has 0 atom stereocenters. The first-order valence-electron chi connectivity index (χ1n) is 5.77. The van der Waals surface area contributed by atoms with Crippen LogP contribution in [0.1, 0.15) is 12.8 Å². The van der Waals surface area contributed by atoms with Crippen LogP contribution >= 0.6 is 0 Å². The van der Waals surface area contributed by atoms with Crippen LogP contribution in [-0.2, 0) is 16.1 Å². The lowest BCUT2D eigenvalue weighted by molar-refractivity contribution is -0.137. The number of allylic oxidation sites excluding steroid dienone is 1. The second kappa shape index (κ2) is 5.47. The molecule has 0 aliphatic heterocycles. The molecule has 0 bridgehead atoms. The maximum Gasteiger partial charge on any atom is 0.330 e. The van der Waals surface area contributed by atoms with Crippen LogP contribution in [0.2, 0.25) is 0 Å². The Hall–Kier alpha value is -2.44. The van der Waals surface area contributed by atoms with Gasteiger partial charge in [-0.3, -0.25) is 9.36 Å². The van der Waals surface area contributed by atoms with Crippen LogP contribution in [0, 0.1) is 6.92 Å². The Kier molecular flexibility index (Phi) is 3.74. The van der Waals surface area contributed by atoms with Gasteiger partial charge >= 0.3 is 5.97 Å². The molecule has 2 heterocycles. The van der Waals surface area contributed by atoms with E-state index in [2.05, 4.69) is 9.97 Å². The number of esters is 1. The molecule has 0 N–H and O–H groups in total. The molecule has 0 aromatic carbocycles. The van der Waals surface area contributed by atoms with Gasteiger partial charge in [0.2, 0.25) is 0 Å². The largest absolute Gasteiger partial charge is 0.463 e. The zero-order valence-electron chi connectivity index (χ0n) is 10.6. The van der Waals surface area contributed by atoms with Crippen LogP contribution in [0.15, 0.2) is 27.7 Å². The Morgan fingerprint density at radius 1 is 1.58 bits per heavy atom. The lowest BCUT2D eigenvalue weighted by Crippen LogP contribution is -2.20. The molecule has 2 aromatic rings. The number of rotatable bonds is 4. The van der Waals surface area contributed by atoms with Crippen molar-refractivity contribution in [2.24, 2.45) is 0 Å². The molecule has 0 amide bonds. The standard InChI is InChI=1S/C12H13N3O4/c1-3-18-9(16)5-4-6-15-7-13-11-10(12(15)17)14-8(2)19-11/h4-5,7H,3,6H2,1-2H3/b5-4+. The average Bonchev–Trinajstić information content (AvgIpc) is 2.74. The van der Waals surface area contributed by atoms with E-state index in [9.17, 15) is 9.59 Å². The van der Waals surface area contributed by atoms with Crippen molar-refractivity contribution in [3.8, 4) is 0 Å². The molecular formula is C12H13N3O4. The number of carbonyl (C=O) groups is 1. The number of hydrogen-bond donors (Lipinski definition) is 0. The summed E-state index contributed by atoms with van der Waals surface area (Å²) in [6.07, 6.45) is 4.15. The lowest BCUT2D eigenvalue weighted by atomic mass is 10.4. The predicted molar refractivity (Wildman–Crippen MR) is 66.6 cm³/mol. The highest BCUT2D eigenvalue weighted by Gasteiger charge is 2.09. The summed E-state index contributed by atoms with van der Waals surface area (Å²) in [4.78, 5) is 31.0. The summed E-state index contributed by atoms with van der Waals surface area (Å²) in [7, 11) is 0. The number of aromatic nitrogens is 3. The summed E-state index contributed by atoms with van der Waals surface area (Å²) < 4.78 is 11.2. The van der Waals surface area contributed by atoms with E-state index < -0.39 is 5.97 Å². The summed E-state index contributed by atoms with van der Waals surface area (Å²) >= 11 is 0. The minimum Gasteiger partial charge on any atom is -0.463 e. The fraction of sp³-hybridized carbons (Fsp3) is 0.333. The monoisotopic (exact) mass is 263 g/mol. The summed E-state index contributed by atoms with van der Waals surface area (Å²) in [5.41, 5.74) is 0.0908. The summed E-state index contributed by atoms with van der Waals surface area (Å²) in [6.45, 7) is 3.90. The highest BCUT2D eigenvalue weighted by atomic mass is 16.5. The van der Waals surface area contributed by atoms with Gasteiger partial charge in [0.15, 0.2) is 11.4 Å². The Bertz CT molecular complexity index is 684. The minimum absolute atomic E-state index is 0.185. The van der Waals surface area contributed by atoms with Crippen molar-refractivity contribution >= 4 is 17.2 Å². The van der Waals surface area contributed by atoms with E-state index in [1.54, 1.807) is 13.8 Å². The van der Waals surface area contributed by atoms with Crippen molar-refractivity contribution in [1.82, 2.24) is 14.5 Å². The molecule has 0 unspecified atom stereocenters. The maximum atomic E-state index is 12.0. The molecule has 0 saturated heterocycles. The fourth-order valence-electron chi connectivity index (χ4n) is 1.54. The molecule has 7 nitrogen and oxygen atoms in total. The number of ether oxygens (including phenoxy) is 1. The van der Waals surface area contributed by atoms with Crippen LogP contribution in [0.25, 0.3) is 11.2 Å². The topological polar surface area (TPSA) is 87.2 Å². The van der Waals surface area contributed by atoms with Gasteiger partial charge in [0.1, 0.15) is 6.33 Å². The van der Waals surface area contributed by atoms with Gasteiger partial charge in [-0.05, 0) is 6.92 Å². The number of aryl methyl sites for hydroxylation is 1. The van der Waals surface area contributed by atoms with Crippen molar-refractivity contribution in [2.75, 3.05) is 6.61 Å². The highest BCUT2D eigenvalue weighted by molar-refractivity contribution is 5.81. The molecule has 7 heteroatoms. The number of carbonyl (C=O) groups excluding carboxylic acids is 1. The lowest BCUT2D eigenvalue weighted by Gasteiger charge is -1.99. The van der Waals surface area contributed by atoms with Crippen LogP contribution in [0.3, 0.4) is 0 Å². The Labute approximate surface area is 108 Å². The Balaban J connectivity index is 2.20. The van der Waals surface area contributed by atoms with E-state index in [1.807, 2.05) is 0 Å². The van der Waals surface area contributed by atoms with E-state index in [4.69, 9.17) is 9.15 Å². The van der Waals surface area contributed by atoms with Crippen LogP contribution in [0.4, 0.5) is 0 Å². The van der Waals surface area contributed by atoms with E-state index in [0.29, 0.717) is 12.5 Å². The van der Waals surface area contributed by atoms with E-state index >= 15 is 0 Å². The van der Waals surface area contributed by atoms with Gasteiger partial charge < -0.3 is 9.15 Å². The van der Waals surface area contributed by atoms with Crippen molar-refractivity contribution in [1.29, 1.82) is 0 Å². The van der Waals surface area contributed by atoms with Crippen molar-refractivity contribution in [3.63, 3.8) is 0 Å². The van der Waals surface area contributed by atoms with E-state index in [0.717, 1.165) is 0 Å². The van der Waals surface area contributed by atoms with Gasteiger partial charge in [-0.1, -0.05) is 6.08 Å². The molecule has 19 heavy (non-hydrogen) atoms. The predicted octanol–water partition coefficient (Wildman–Crippen LogP) is 0.812. The maximum absolute atomic E-state index is 12.0. The SMILES string of the molecule is CCOC(=O)/C=C/Cn1cnc2oc(C)nc2c1=O. The summed E-state index contributed by atoms with van der Waals surface area (Å²) in [6, 6.07) is 0. The number of hydrogen-bond acceptors (Lipinski definition) is 6. The molecule has 2 aromatic heterocycles. The van der Waals surface area contributed by atoms with Gasteiger partial charge in [0.05, 0.1) is 6.61 Å². The van der Waals surface area contributed by atoms with Crippen molar-refractivity contribution in [3.05, 3.63) is 34.7 Å². The molecule has 0 radical (unpaired) electrons. The molecule has 2 rings (SSSR count). The number of fused-ring (bicyclic) bond motifs is 1. The van der Waals surface area contributed by atoms with Crippen molar-refractivity contribution < 1.29 is 13.9 Å². The van der Waals surface area contributed by atoms with Crippen LogP contribution < -0.4 is 5.56 Å². The quantitative estimate of drug-likeness (QED) is 0.599. The normalized spacial score (nSPS) is 11.3. The molecule has 0 saturated carbocycles. The second-order valence-electron chi connectivity index (χ2n) is 3.74. The van der Waals surface area contributed by atoms with Crippen LogP contribution in [-0.4, -0.2) is 27.1 Å². The van der Waals surface area contributed by atoms with Gasteiger partial charge in [-0.2, -0.15) is 0 Å². The average molecular weight is 263 g/mol. The molecule has 0 aliphatic rings. The zero-order chi connectivity index (χ0) is 13.8. The Morgan fingerprint density at radius 2 is 2.37 bits per heavy atom. The molecular weight excluding hydrogens is 250 g/mol. The third-order valence-electron chi connectivity index (χ3n) is 2.34. The smallest absolute Gasteiger partial charge is 0.330 e. The van der Waals surface area contributed by atoms with Crippen molar-refractivity contribution in [2.45, 2.75) is 20.4 Å². The van der Waals surface area contributed by atoms with E-state index in [-0.39, 0.29) is 23.3 Å². The molecule has 0 spiro atoms. The number of oxazole rings is 1. The minimum atomic E-state index is -0.443. The van der Waals surface area contributed by atoms with Gasteiger partial charge in [0, 0.05) is 19.5 Å². The first-order valence-corrected chi connectivity index (χ1v) is 5.77. The third-order valence-corrected chi connectivity index (χ3v) is 2.34. The van der Waals surface area contributed by atoms with Crippen LogP contribution in [0.5, 0.6) is 0 Å².